The number of aryl methyl sites for hydroxylation is 1. The maximum absolute atomic E-state index is 6.11. The molecule has 0 aliphatic carbocycles. The van der Waals surface area contributed by atoms with Gasteiger partial charge in [-0.25, -0.2) is 0 Å². The quantitative estimate of drug-likeness (QED) is 0.919. The van der Waals surface area contributed by atoms with Gasteiger partial charge in [-0.05, 0) is 36.4 Å². The first kappa shape index (κ1) is 15.4. The van der Waals surface area contributed by atoms with Crippen LogP contribution in [0, 0.1) is 6.92 Å². The molecule has 0 atom stereocenters. The molecule has 2 rings (SSSR count). The summed E-state index contributed by atoms with van der Waals surface area (Å²) in [7, 11) is 1.97. The lowest BCUT2D eigenvalue weighted by Gasteiger charge is -2.12. The highest BCUT2D eigenvalue weighted by molar-refractivity contribution is 7.99. The van der Waals surface area contributed by atoms with Crippen LogP contribution in [0.4, 0.5) is 0 Å². The topological polar surface area (TPSA) is 42.7 Å². The van der Waals surface area contributed by atoms with E-state index < -0.39 is 0 Å². The van der Waals surface area contributed by atoms with Crippen molar-refractivity contribution in [3.05, 3.63) is 34.6 Å². The number of nitrogens with zero attached hydrogens (tertiary/aromatic N) is 3. The molecule has 1 heterocycles. The Morgan fingerprint density at radius 3 is 2.70 bits per heavy atom. The highest BCUT2D eigenvalue weighted by atomic mass is 35.5. The van der Waals surface area contributed by atoms with E-state index in [-0.39, 0.29) is 0 Å². The Balaban J connectivity index is 2.25. The van der Waals surface area contributed by atoms with Crippen molar-refractivity contribution in [1.29, 1.82) is 0 Å². The second kappa shape index (κ2) is 6.61. The lowest BCUT2D eigenvalue weighted by Crippen LogP contribution is -2.22. The molecule has 1 aromatic heterocycles. The largest absolute Gasteiger partial charge is 0.310 e. The lowest BCUT2D eigenvalue weighted by molar-refractivity contribution is 0.584. The Kier molecular flexibility index (Phi) is 5.07. The van der Waals surface area contributed by atoms with Gasteiger partial charge in [-0.15, -0.1) is 10.2 Å². The van der Waals surface area contributed by atoms with Crippen molar-refractivity contribution >= 4 is 23.4 Å². The van der Waals surface area contributed by atoms with Crippen molar-refractivity contribution < 1.29 is 0 Å². The molecule has 0 aliphatic rings. The summed E-state index contributed by atoms with van der Waals surface area (Å²) in [6.45, 7) is 7.02. The van der Waals surface area contributed by atoms with E-state index in [2.05, 4.69) is 35.4 Å². The Morgan fingerprint density at radius 1 is 1.35 bits per heavy atom. The molecule has 0 aliphatic heterocycles. The van der Waals surface area contributed by atoms with Gasteiger partial charge in [-0.3, -0.25) is 0 Å². The molecule has 2 aromatic rings. The number of nitrogens with one attached hydrogen (secondary N) is 1. The average molecular weight is 311 g/mol. The molecule has 1 aromatic carbocycles. The zero-order valence-corrected chi connectivity index (χ0v) is 13.7. The molecular weight excluding hydrogens is 292 g/mol. The first-order valence-electron chi connectivity index (χ1n) is 6.53. The molecule has 0 fully saturated rings. The molecule has 0 spiro atoms. The first-order chi connectivity index (χ1) is 9.47. The van der Waals surface area contributed by atoms with E-state index in [4.69, 9.17) is 11.6 Å². The van der Waals surface area contributed by atoms with Gasteiger partial charge in [0.05, 0.1) is 0 Å². The van der Waals surface area contributed by atoms with Gasteiger partial charge in [0, 0.05) is 29.6 Å². The van der Waals surface area contributed by atoms with Gasteiger partial charge >= 0.3 is 0 Å². The number of hydrogen-bond donors (Lipinski definition) is 1. The smallest absolute Gasteiger partial charge is 0.195 e. The number of benzene rings is 1. The summed E-state index contributed by atoms with van der Waals surface area (Å²) in [5.41, 5.74) is 1.22. The molecule has 0 unspecified atom stereocenters. The third-order valence-electron chi connectivity index (χ3n) is 2.98. The van der Waals surface area contributed by atoms with E-state index in [1.807, 2.05) is 30.7 Å². The predicted molar refractivity (Wildman–Crippen MR) is 83.3 cm³/mol. The Morgan fingerprint density at radius 2 is 2.10 bits per heavy atom. The first-order valence-corrected chi connectivity index (χ1v) is 7.72. The molecule has 108 valence electrons. The third-order valence-corrected chi connectivity index (χ3v) is 4.36. The highest BCUT2D eigenvalue weighted by Crippen LogP contribution is 2.31. The van der Waals surface area contributed by atoms with Gasteiger partial charge in [0.15, 0.2) is 5.16 Å². The molecule has 0 radical (unpaired) electrons. The average Bonchev–Trinajstić information content (AvgIpc) is 2.70. The summed E-state index contributed by atoms with van der Waals surface area (Å²) < 4.78 is 1.98. The van der Waals surface area contributed by atoms with Gasteiger partial charge in [-0.2, -0.15) is 0 Å². The van der Waals surface area contributed by atoms with Crippen LogP contribution in [0.15, 0.2) is 28.3 Å². The van der Waals surface area contributed by atoms with Gasteiger partial charge in [0.1, 0.15) is 5.82 Å². The van der Waals surface area contributed by atoms with Gasteiger partial charge in [-0.1, -0.05) is 31.5 Å². The van der Waals surface area contributed by atoms with Crippen molar-refractivity contribution in [3.63, 3.8) is 0 Å². The van der Waals surface area contributed by atoms with E-state index in [0.717, 1.165) is 27.4 Å². The Labute approximate surface area is 128 Å². The fourth-order valence-corrected chi connectivity index (χ4v) is 2.90. The SMILES string of the molecule is Cc1nnc(Sc2cc(Cl)ccc2CNC(C)C)n1C. The van der Waals surface area contributed by atoms with E-state index in [0.29, 0.717) is 6.04 Å². The van der Waals surface area contributed by atoms with E-state index >= 15 is 0 Å². The summed E-state index contributed by atoms with van der Waals surface area (Å²) in [4.78, 5) is 1.11. The number of rotatable bonds is 5. The fourth-order valence-electron chi connectivity index (χ4n) is 1.66. The fraction of sp³-hybridized carbons (Fsp3) is 0.429. The normalized spacial score (nSPS) is 11.3. The van der Waals surface area contributed by atoms with Gasteiger partial charge in [0.25, 0.3) is 0 Å². The Bertz CT molecular complexity index is 595. The summed E-state index contributed by atoms with van der Waals surface area (Å²) in [6, 6.07) is 6.41. The molecular formula is C14H19ClN4S. The summed E-state index contributed by atoms with van der Waals surface area (Å²) in [5, 5.41) is 13.3. The minimum atomic E-state index is 0.445. The van der Waals surface area contributed by atoms with Crippen molar-refractivity contribution in [3.8, 4) is 0 Å². The van der Waals surface area contributed by atoms with Crippen LogP contribution in [0.1, 0.15) is 25.2 Å². The van der Waals surface area contributed by atoms with Crippen LogP contribution in [0.2, 0.25) is 5.02 Å². The van der Waals surface area contributed by atoms with Crippen LogP contribution in [0.3, 0.4) is 0 Å². The van der Waals surface area contributed by atoms with Crippen LogP contribution in [0.5, 0.6) is 0 Å². The van der Waals surface area contributed by atoms with Crippen molar-refractivity contribution in [2.24, 2.45) is 7.05 Å². The minimum Gasteiger partial charge on any atom is -0.310 e. The maximum Gasteiger partial charge on any atom is 0.195 e. The minimum absolute atomic E-state index is 0.445. The van der Waals surface area contributed by atoms with Crippen molar-refractivity contribution in [2.45, 2.75) is 43.4 Å². The van der Waals surface area contributed by atoms with Crippen molar-refractivity contribution in [1.82, 2.24) is 20.1 Å². The molecule has 0 saturated heterocycles. The summed E-state index contributed by atoms with van der Waals surface area (Å²) >= 11 is 7.71. The molecule has 0 bridgehead atoms. The second-order valence-electron chi connectivity index (χ2n) is 4.98. The maximum atomic E-state index is 6.11. The number of halogens is 1. The van der Waals surface area contributed by atoms with Crippen LogP contribution in [-0.2, 0) is 13.6 Å². The second-order valence-corrected chi connectivity index (χ2v) is 6.42. The zero-order valence-electron chi connectivity index (χ0n) is 12.1. The predicted octanol–water partition coefficient (Wildman–Crippen LogP) is 3.43. The molecule has 0 saturated carbocycles. The molecule has 4 nitrogen and oxygen atoms in total. The summed E-state index contributed by atoms with van der Waals surface area (Å²) in [5.74, 6) is 0.899. The Hall–Kier alpha value is -1.04. The van der Waals surface area contributed by atoms with Crippen LogP contribution < -0.4 is 5.32 Å². The molecule has 0 amide bonds. The van der Waals surface area contributed by atoms with E-state index in [1.165, 1.54) is 5.56 Å². The highest BCUT2D eigenvalue weighted by Gasteiger charge is 2.11. The van der Waals surface area contributed by atoms with Crippen LogP contribution >= 0.6 is 23.4 Å². The summed E-state index contributed by atoms with van der Waals surface area (Å²) in [6.07, 6.45) is 0. The van der Waals surface area contributed by atoms with Crippen molar-refractivity contribution in [2.75, 3.05) is 0 Å². The zero-order chi connectivity index (χ0) is 14.7. The van der Waals surface area contributed by atoms with Gasteiger partial charge in [0.2, 0.25) is 0 Å². The number of aromatic nitrogens is 3. The molecule has 20 heavy (non-hydrogen) atoms. The van der Waals surface area contributed by atoms with E-state index in [9.17, 15) is 0 Å². The van der Waals surface area contributed by atoms with Gasteiger partial charge < -0.3 is 9.88 Å². The third kappa shape index (κ3) is 3.75. The molecule has 1 N–H and O–H groups in total. The monoisotopic (exact) mass is 310 g/mol. The van der Waals surface area contributed by atoms with Crippen LogP contribution in [-0.4, -0.2) is 20.8 Å². The van der Waals surface area contributed by atoms with E-state index in [1.54, 1.807) is 11.8 Å². The standard InChI is InChI=1S/C14H19ClN4S/c1-9(2)16-8-11-5-6-12(15)7-13(11)20-14-18-17-10(3)19(14)4/h5-7,9,16H,8H2,1-4H3. The van der Waals surface area contributed by atoms with Crippen LogP contribution in [0.25, 0.3) is 0 Å². The number of hydrogen-bond acceptors (Lipinski definition) is 4. The molecule has 6 heteroatoms. The lowest BCUT2D eigenvalue weighted by atomic mass is 10.2.